The number of rotatable bonds is 2. The molecular weight excluding hydrogens is 215 g/mol. The summed E-state index contributed by atoms with van der Waals surface area (Å²) < 4.78 is 18.6. The van der Waals surface area contributed by atoms with E-state index in [1.54, 1.807) is 6.07 Å². The molecule has 0 unspecified atom stereocenters. The van der Waals surface area contributed by atoms with Crippen LogP contribution in [0.1, 0.15) is 0 Å². The van der Waals surface area contributed by atoms with Gasteiger partial charge in [0, 0.05) is 0 Å². The molecule has 0 aliphatic heterocycles. The largest absolute Gasteiger partial charge is 0.511 e. The molecule has 0 aliphatic carbocycles. The van der Waals surface area contributed by atoms with E-state index in [2.05, 4.69) is 9.84 Å². The van der Waals surface area contributed by atoms with Crippen LogP contribution in [0.4, 0.5) is 9.18 Å². The zero-order chi connectivity index (χ0) is 11.5. The summed E-state index contributed by atoms with van der Waals surface area (Å²) in [5.41, 5.74) is 0.486. The van der Waals surface area contributed by atoms with Gasteiger partial charge in [-0.2, -0.15) is 5.10 Å². The highest BCUT2D eigenvalue weighted by Crippen LogP contribution is 2.14. The Morgan fingerprint density at radius 2 is 2.31 bits per heavy atom. The van der Waals surface area contributed by atoms with Gasteiger partial charge in [-0.3, -0.25) is 0 Å². The predicted molar refractivity (Wildman–Crippen MR) is 52.2 cm³/mol. The lowest BCUT2D eigenvalue weighted by atomic mass is 10.3. The molecule has 0 aliphatic rings. The quantitative estimate of drug-likeness (QED) is 0.790. The minimum absolute atomic E-state index is 0.0803. The van der Waals surface area contributed by atoms with Crippen LogP contribution in [0.2, 0.25) is 0 Å². The number of aromatic nitrogens is 2. The normalized spacial score (nSPS) is 10.1. The summed E-state index contributed by atoms with van der Waals surface area (Å²) in [6.45, 7) is 0. The van der Waals surface area contributed by atoms with Gasteiger partial charge >= 0.3 is 6.16 Å². The Labute approximate surface area is 89.7 Å². The van der Waals surface area contributed by atoms with Crippen molar-refractivity contribution in [2.45, 2.75) is 0 Å². The SMILES string of the molecule is O=C(O)Oc1cnn(-c2cccc(F)c2)c1. The molecule has 0 amide bonds. The molecule has 2 aromatic rings. The third kappa shape index (κ3) is 2.17. The molecule has 0 fully saturated rings. The molecule has 1 aromatic carbocycles. The van der Waals surface area contributed by atoms with Crippen LogP contribution in [0, 0.1) is 5.82 Å². The number of carbonyl (C=O) groups is 1. The van der Waals surface area contributed by atoms with Gasteiger partial charge in [-0.25, -0.2) is 13.9 Å². The van der Waals surface area contributed by atoms with Gasteiger partial charge in [-0.05, 0) is 18.2 Å². The first-order valence-corrected chi connectivity index (χ1v) is 4.36. The molecule has 1 N–H and O–H groups in total. The summed E-state index contributed by atoms with van der Waals surface area (Å²) in [5, 5.41) is 12.2. The summed E-state index contributed by atoms with van der Waals surface area (Å²) >= 11 is 0. The molecule has 0 atom stereocenters. The Bertz CT molecular complexity index is 524. The van der Waals surface area contributed by atoms with E-state index in [9.17, 15) is 9.18 Å². The van der Waals surface area contributed by atoms with E-state index in [0.717, 1.165) is 0 Å². The lowest BCUT2D eigenvalue weighted by Crippen LogP contribution is -2.01. The maximum Gasteiger partial charge on any atom is 0.511 e. The third-order valence-corrected chi connectivity index (χ3v) is 1.84. The first-order valence-electron chi connectivity index (χ1n) is 4.36. The minimum Gasteiger partial charge on any atom is -0.449 e. The highest BCUT2D eigenvalue weighted by molar-refractivity contribution is 5.60. The van der Waals surface area contributed by atoms with Crippen molar-refractivity contribution in [1.29, 1.82) is 0 Å². The molecule has 0 spiro atoms. The number of hydrogen-bond donors (Lipinski definition) is 1. The van der Waals surface area contributed by atoms with Crippen LogP contribution in [-0.4, -0.2) is 21.0 Å². The molecule has 0 saturated heterocycles. The molecule has 5 nitrogen and oxygen atoms in total. The van der Waals surface area contributed by atoms with Gasteiger partial charge < -0.3 is 9.84 Å². The van der Waals surface area contributed by atoms with Crippen LogP contribution < -0.4 is 4.74 Å². The second kappa shape index (κ2) is 4.01. The lowest BCUT2D eigenvalue weighted by Gasteiger charge is -1.99. The summed E-state index contributed by atoms with van der Waals surface area (Å²) in [6, 6.07) is 5.75. The van der Waals surface area contributed by atoms with Crippen molar-refractivity contribution < 1.29 is 19.0 Å². The smallest absolute Gasteiger partial charge is 0.449 e. The molecule has 82 valence electrons. The zero-order valence-electron chi connectivity index (χ0n) is 8.00. The van der Waals surface area contributed by atoms with Crippen LogP contribution >= 0.6 is 0 Å². The highest BCUT2D eigenvalue weighted by Gasteiger charge is 2.05. The Morgan fingerprint density at radius 3 is 3.00 bits per heavy atom. The highest BCUT2D eigenvalue weighted by atomic mass is 19.1. The first-order chi connectivity index (χ1) is 7.65. The van der Waals surface area contributed by atoms with Crippen LogP contribution in [0.5, 0.6) is 5.75 Å². The van der Waals surface area contributed by atoms with Crippen molar-refractivity contribution in [3.8, 4) is 11.4 Å². The standard InChI is InChI=1S/C10H7FN2O3/c11-7-2-1-3-8(4-7)13-6-9(5-12-13)16-10(14)15/h1-6H,(H,14,15). The van der Waals surface area contributed by atoms with E-state index in [1.807, 2.05) is 0 Å². The molecule has 1 heterocycles. The summed E-state index contributed by atoms with van der Waals surface area (Å²) in [5.74, 6) is -0.314. The molecule has 2 rings (SSSR count). The topological polar surface area (TPSA) is 64.3 Å². The van der Waals surface area contributed by atoms with Gasteiger partial charge in [0.05, 0.1) is 18.1 Å². The Kier molecular flexibility index (Phi) is 2.55. The molecule has 6 heteroatoms. The van der Waals surface area contributed by atoms with Crippen molar-refractivity contribution in [3.63, 3.8) is 0 Å². The minimum atomic E-state index is -1.42. The van der Waals surface area contributed by atoms with Crippen molar-refractivity contribution in [3.05, 3.63) is 42.5 Å². The van der Waals surface area contributed by atoms with E-state index >= 15 is 0 Å². The van der Waals surface area contributed by atoms with Crippen molar-refractivity contribution in [2.24, 2.45) is 0 Å². The Balaban J connectivity index is 2.28. The van der Waals surface area contributed by atoms with Gasteiger partial charge in [0.2, 0.25) is 0 Å². The third-order valence-electron chi connectivity index (χ3n) is 1.84. The van der Waals surface area contributed by atoms with Crippen molar-refractivity contribution in [2.75, 3.05) is 0 Å². The number of carboxylic acid groups (broad SMARTS) is 1. The van der Waals surface area contributed by atoms with Gasteiger partial charge in [0.1, 0.15) is 5.82 Å². The van der Waals surface area contributed by atoms with E-state index < -0.39 is 12.0 Å². The van der Waals surface area contributed by atoms with E-state index in [0.29, 0.717) is 5.69 Å². The van der Waals surface area contributed by atoms with Crippen molar-refractivity contribution in [1.82, 2.24) is 9.78 Å². The number of nitrogens with zero attached hydrogens (tertiary/aromatic N) is 2. The van der Waals surface area contributed by atoms with Crippen molar-refractivity contribution >= 4 is 6.16 Å². The Hall–Kier alpha value is -2.37. The summed E-state index contributed by atoms with van der Waals surface area (Å²) in [4.78, 5) is 10.2. The zero-order valence-corrected chi connectivity index (χ0v) is 8.00. The summed E-state index contributed by atoms with van der Waals surface area (Å²) in [7, 11) is 0. The molecule has 0 radical (unpaired) electrons. The maximum absolute atomic E-state index is 12.9. The van der Waals surface area contributed by atoms with Gasteiger partial charge in [0.15, 0.2) is 5.75 Å². The Morgan fingerprint density at radius 1 is 1.50 bits per heavy atom. The van der Waals surface area contributed by atoms with Gasteiger partial charge in [-0.15, -0.1) is 0 Å². The van der Waals surface area contributed by atoms with Gasteiger partial charge in [0.25, 0.3) is 0 Å². The number of ether oxygens (including phenoxy) is 1. The van der Waals surface area contributed by atoms with Crippen LogP contribution in [0.15, 0.2) is 36.7 Å². The molecular formula is C10H7FN2O3. The second-order valence-electron chi connectivity index (χ2n) is 2.97. The number of hydrogen-bond acceptors (Lipinski definition) is 3. The molecule has 0 saturated carbocycles. The molecule has 1 aromatic heterocycles. The fourth-order valence-corrected chi connectivity index (χ4v) is 1.22. The average molecular weight is 222 g/mol. The fraction of sp³-hybridized carbons (Fsp3) is 0. The van der Waals surface area contributed by atoms with Crippen LogP contribution in [0.3, 0.4) is 0 Å². The number of benzene rings is 1. The average Bonchev–Trinajstić information content (AvgIpc) is 2.65. The van der Waals surface area contributed by atoms with E-state index in [1.165, 1.54) is 35.3 Å². The monoisotopic (exact) mass is 222 g/mol. The van der Waals surface area contributed by atoms with Crippen LogP contribution in [0.25, 0.3) is 5.69 Å². The first kappa shape index (κ1) is 10.2. The lowest BCUT2D eigenvalue weighted by molar-refractivity contribution is 0.144. The number of halogens is 1. The maximum atomic E-state index is 12.9. The van der Waals surface area contributed by atoms with Crippen LogP contribution in [-0.2, 0) is 0 Å². The van der Waals surface area contributed by atoms with Gasteiger partial charge in [-0.1, -0.05) is 6.07 Å². The second-order valence-corrected chi connectivity index (χ2v) is 2.97. The fourth-order valence-electron chi connectivity index (χ4n) is 1.22. The summed E-state index contributed by atoms with van der Waals surface area (Å²) in [6.07, 6.45) is 1.17. The molecule has 0 bridgehead atoms. The van der Waals surface area contributed by atoms with E-state index in [-0.39, 0.29) is 5.75 Å². The molecule has 16 heavy (non-hydrogen) atoms. The van der Waals surface area contributed by atoms with E-state index in [4.69, 9.17) is 5.11 Å². The predicted octanol–water partition coefficient (Wildman–Crippen LogP) is 2.07.